The van der Waals surface area contributed by atoms with Crippen LogP contribution in [0.2, 0.25) is 0 Å². The van der Waals surface area contributed by atoms with Crippen molar-refractivity contribution in [2.45, 2.75) is 46.1 Å². The molecule has 5 rings (SSSR count). The Labute approximate surface area is 252 Å². The van der Waals surface area contributed by atoms with E-state index in [-0.39, 0.29) is 28.7 Å². The van der Waals surface area contributed by atoms with E-state index in [9.17, 15) is 23.2 Å². The number of hydrogen-bond donors (Lipinski definition) is 1. The molecule has 0 spiro atoms. The van der Waals surface area contributed by atoms with Crippen molar-refractivity contribution < 1.29 is 32.6 Å². The van der Waals surface area contributed by atoms with Gasteiger partial charge in [0.25, 0.3) is 5.91 Å². The summed E-state index contributed by atoms with van der Waals surface area (Å²) in [7, 11) is 1.38. The molecule has 1 aromatic heterocycles. The van der Waals surface area contributed by atoms with Crippen molar-refractivity contribution in [2.75, 3.05) is 19.3 Å². The molecule has 1 aliphatic heterocycles. The van der Waals surface area contributed by atoms with Crippen molar-refractivity contribution in [3.05, 3.63) is 88.6 Å². The Balaban J connectivity index is 1.42. The third-order valence-electron chi connectivity index (χ3n) is 6.96. The molecule has 2 N–H and O–H groups in total. The first kappa shape index (κ1) is 30.3. The van der Waals surface area contributed by atoms with Gasteiger partial charge in [0.1, 0.15) is 24.4 Å². The maximum atomic E-state index is 14.5. The van der Waals surface area contributed by atoms with E-state index >= 15 is 0 Å². The second-order valence-electron chi connectivity index (χ2n) is 11.5. The minimum Gasteiger partial charge on any atom is -0.459 e. The number of nitrogen functional groups attached to an aromatic ring is 1. The highest BCUT2D eigenvalue weighted by Crippen LogP contribution is 2.32. The lowest BCUT2D eigenvalue weighted by Crippen LogP contribution is -2.37. The van der Waals surface area contributed by atoms with Crippen molar-refractivity contribution in [1.29, 1.82) is 0 Å². The zero-order valence-corrected chi connectivity index (χ0v) is 24.7. The van der Waals surface area contributed by atoms with E-state index in [2.05, 4.69) is 9.97 Å². The van der Waals surface area contributed by atoms with Crippen molar-refractivity contribution in [3.63, 3.8) is 0 Å². The summed E-state index contributed by atoms with van der Waals surface area (Å²) in [5.74, 6) is -3.46. The highest BCUT2D eigenvalue weighted by Gasteiger charge is 2.27. The Morgan fingerprint density at radius 1 is 0.977 bits per heavy atom. The molecule has 0 atom stereocenters. The summed E-state index contributed by atoms with van der Waals surface area (Å²) in [5.41, 5.74) is 8.51. The molecule has 0 aliphatic carbocycles. The van der Waals surface area contributed by atoms with E-state index in [1.54, 1.807) is 43.9 Å². The number of hydrogen-bond acceptors (Lipinski definition) is 8. The van der Waals surface area contributed by atoms with Gasteiger partial charge in [-0.2, -0.15) is 0 Å². The minimum absolute atomic E-state index is 0.0721. The number of fused-ring (bicyclic) bond motifs is 2. The molecule has 0 fully saturated rings. The third-order valence-corrected chi connectivity index (χ3v) is 6.96. The zero-order valence-electron chi connectivity index (χ0n) is 24.7. The number of amides is 2. The highest BCUT2D eigenvalue weighted by molar-refractivity contribution is 6.06. The van der Waals surface area contributed by atoms with Gasteiger partial charge in [0.05, 0.1) is 5.52 Å². The van der Waals surface area contributed by atoms with Crippen LogP contribution in [-0.2, 0) is 34.0 Å². The predicted octanol–water partition coefficient (Wildman–Crippen LogP) is 5.22. The van der Waals surface area contributed by atoms with Crippen molar-refractivity contribution in [2.24, 2.45) is 0 Å². The van der Waals surface area contributed by atoms with Gasteiger partial charge >= 0.3 is 12.1 Å². The van der Waals surface area contributed by atoms with E-state index in [1.807, 2.05) is 24.3 Å². The quantitative estimate of drug-likeness (QED) is 0.297. The van der Waals surface area contributed by atoms with Gasteiger partial charge < -0.3 is 25.0 Å². The smallest absolute Gasteiger partial charge is 0.410 e. The molecule has 12 heteroatoms. The number of rotatable bonds is 6. The molecule has 3 aromatic carbocycles. The average molecular weight is 604 g/mol. The largest absolute Gasteiger partial charge is 0.459 e. The molecule has 1 aliphatic rings. The predicted molar refractivity (Wildman–Crippen MR) is 158 cm³/mol. The number of carbonyl (C=O) groups is 3. The van der Waals surface area contributed by atoms with Crippen molar-refractivity contribution in [3.8, 4) is 11.1 Å². The number of esters is 1. The van der Waals surface area contributed by atoms with Crippen LogP contribution in [0.3, 0.4) is 0 Å². The molecule has 0 saturated heterocycles. The molecule has 0 radical (unpaired) electrons. The van der Waals surface area contributed by atoms with Gasteiger partial charge in [-0.05, 0) is 67.3 Å². The van der Waals surface area contributed by atoms with Crippen LogP contribution < -0.4 is 5.73 Å². The Morgan fingerprint density at radius 2 is 1.64 bits per heavy atom. The number of ether oxygens (including phenoxy) is 2. The van der Waals surface area contributed by atoms with Crippen LogP contribution in [-0.4, -0.2) is 56.9 Å². The molecule has 10 nitrogen and oxygen atoms in total. The van der Waals surface area contributed by atoms with Crippen LogP contribution in [0.4, 0.5) is 19.5 Å². The third kappa shape index (κ3) is 6.59. The zero-order chi connectivity index (χ0) is 31.8. The first-order chi connectivity index (χ1) is 20.8. The second kappa shape index (κ2) is 11.9. The molecule has 0 saturated carbocycles. The van der Waals surface area contributed by atoms with Gasteiger partial charge in [-0.25, -0.2) is 23.5 Å². The number of benzene rings is 3. The molecule has 0 unspecified atom stereocenters. The van der Waals surface area contributed by atoms with E-state index in [0.717, 1.165) is 28.2 Å². The van der Waals surface area contributed by atoms with Crippen LogP contribution in [0.25, 0.3) is 22.0 Å². The maximum Gasteiger partial charge on any atom is 0.410 e. The van der Waals surface area contributed by atoms with Gasteiger partial charge in [0.2, 0.25) is 5.95 Å². The minimum atomic E-state index is -1.13. The number of nitrogens with zero attached hydrogens (tertiary/aromatic N) is 4. The van der Waals surface area contributed by atoms with Gasteiger partial charge in [0.15, 0.2) is 11.6 Å². The molecule has 4 aromatic rings. The van der Waals surface area contributed by atoms with Crippen LogP contribution in [0.1, 0.15) is 48.0 Å². The molecule has 228 valence electrons. The number of likely N-dealkylation sites (N-methyl/N-ethyl adjacent to an activating group) is 1. The lowest BCUT2D eigenvalue weighted by atomic mass is 9.97. The normalized spacial score (nSPS) is 12.6. The fourth-order valence-electron chi connectivity index (χ4n) is 4.88. The summed E-state index contributed by atoms with van der Waals surface area (Å²) in [6.45, 7) is 5.06. The fourth-order valence-corrected chi connectivity index (χ4v) is 4.88. The number of halogens is 2. The maximum absolute atomic E-state index is 14.5. The Bertz CT molecular complexity index is 1760. The van der Waals surface area contributed by atoms with Gasteiger partial charge in [0, 0.05) is 31.1 Å². The first-order valence-corrected chi connectivity index (χ1v) is 13.8. The van der Waals surface area contributed by atoms with Gasteiger partial charge in [-0.3, -0.25) is 9.59 Å². The van der Waals surface area contributed by atoms with E-state index in [0.29, 0.717) is 29.6 Å². The van der Waals surface area contributed by atoms with Crippen LogP contribution in [0.5, 0.6) is 0 Å². The topological polar surface area (TPSA) is 128 Å². The van der Waals surface area contributed by atoms with Crippen molar-refractivity contribution in [1.82, 2.24) is 19.8 Å². The molecule has 44 heavy (non-hydrogen) atoms. The highest BCUT2D eigenvalue weighted by atomic mass is 19.2. The first-order valence-electron chi connectivity index (χ1n) is 13.8. The average Bonchev–Trinajstić information content (AvgIpc) is 3.40. The summed E-state index contributed by atoms with van der Waals surface area (Å²) in [6, 6.07) is 14.5. The second-order valence-corrected chi connectivity index (χ2v) is 11.5. The van der Waals surface area contributed by atoms with Crippen LogP contribution in [0.15, 0.2) is 54.6 Å². The van der Waals surface area contributed by atoms with Crippen molar-refractivity contribution >= 4 is 34.8 Å². The summed E-state index contributed by atoms with van der Waals surface area (Å²) >= 11 is 0. The molecule has 2 heterocycles. The molecular formula is C32H31F2N5O5. The SMILES string of the molecule is CN(CC(=O)OCc1cc(F)c(F)cc1-c1ccc2nc(N)nc(C(=O)N3Cc4ccccc4C3)c2c1)C(=O)OC(C)(C)C. The number of aromatic nitrogens is 2. The summed E-state index contributed by atoms with van der Waals surface area (Å²) in [5, 5.41) is 0.365. The number of carbonyl (C=O) groups excluding carboxylic acids is 3. The van der Waals surface area contributed by atoms with E-state index in [4.69, 9.17) is 15.2 Å². The Hall–Kier alpha value is -5.13. The summed E-state index contributed by atoms with van der Waals surface area (Å²) < 4.78 is 39.4. The number of nitrogens with two attached hydrogens (primary N) is 1. The summed E-state index contributed by atoms with van der Waals surface area (Å²) in [6.07, 6.45) is -0.717. The summed E-state index contributed by atoms with van der Waals surface area (Å²) in [4.78, 5) is 49.6. The molecule has 2 amide bonds. The van der Waals surface area contributed by atoms with Gasteiger partial charge in [-0.1, -0.05) is 30.3 Å². The van der Waals surface area contributed by atoms with Gasteiger partial charge in [-0.15, -0.1) is 0 Å². The number of anilines is 1. The lowest BCUT2D eigenvalue weighted by molar-refractivity contribution is -0.145. The molecular weight excluding hydrogens is 572 g/mol. The fraction of sp³-hybridized carbons (Fsp3) is 0.281. The monoisotopic (exact) mass is 603 g/mol. The van der Waals surface area contributed by atoms with E-state index in [1.165, 1.54) is 7.05 Å². The molecule has 0 bridgehead atoms. The Kier molecular flexibility index (Phi) is 8.18. The lowest BCUT2D eigenvalue weighted by Gasteiger charge is -2.24. The standard InChI is InChI=1S/C32H31F2N5O5/c1-32(2,3)44-31(42)38(4)16-27(40)43-17-21-12-24(33)25(34)13-22(21)18-9-10-26-23(11-18)28(37-30(35)36-26)29(41)39-14-19-7-5-6-8-20(19)15-39/h5-13H,14-17H2,1-4H3,(H2,35,36,37). The van der Waals surface area contributed by atoms with Crippen LogP contribution in [0, 0.1) is 11.6 Å². The van der Waals surface area contributed by atoms with Crippen LogP contribution >= 0.6 is 0 Å². The Morgan fingerprint density at radius 3 is 2.30 bits per heavy atom. The van der Waals surface area contributed by atoms with E-state index < -0.39 is 42.4 Å².